The predicted molar refractivity (Wildman–Crippen MR) is 97.8 cm³/mol. The average molecular weight is 384 g/mol. The zero-order chi connectivity index (χ0) is 19.9. The summed E-state index contributed by atoms with van der Waals surface area (Å²) < 4.78 is 18.6. The van der Waals surface area contributed by atoms with Gasteiger partial charge in [-0.3, -0.25) is 19.3 Å². The van der Waals surface area contributed by atoms with Gasteiger partial charge in [-0.25, -0.2) is 4.39 Å². The van der Waals surface area contributed by atoms with Gasteiger partial charge in [-0.2, -0.15) is 0 Å². The van der Waals surface area contributed by atoms with Crippen molar-refractivity contribution in [2.45, 2.75) is 25.7 Å². The molecule has 2 fully saturated rings. The smallest absolute Gasteiger partial charge is 0.289 e. The van der Waals surface area contributed by atoms with E-state index in [4.69, 9.17) is 4.42 Å². The highest BCUT2D eigenvalue weighted by Crippen LogP contribution is 2.51. The number of piperidine rings is 1. The molecule has 7 heteroatoms. The van der Waals surface area contributed by atoms with Crippen LogP contribution in [0.2, 0.25) is 0 Å². The Balaban J connectivity index is 1.64. The maximum atomic E-state index is 13.4. The Labute approximate surface area is 161 Å². The maximum Gasteiger partial charge on any atom is 0.289 e. The largest absolute Gasteiger partial charge is 0.459 e. The first-order valence-corrected chi connectivity index (χ1v) is 9.42. The van der Waals surface area contributed by atoms with E-state index in [0.717, 1.165) is 0 Å². The molecule has 0 aliphatic carbocycles. The number of amides is 3. The summed E-state index contributed by atoms with van der Waals surface area (Å²) in [7, 11) is 0. The third-order valence-electron chi connectivity index (χ3n) is 5.93. The molecule has 6 nitrogen and oxygen atoms in total. The molecular formula is C21H21FN2O4. The van der Waals surface area contributed by atoms with Crippen LogP contribution in [0.1, 0.15) is 41.8 Å². The number of imide groups is 1. The van der Waals surface area contributed by atoms with Crippen molar-refractivity contribution < 1.29 is 23.2 Å². The lowest BCUT2D eigenvalue weighted by molar-refractivity contribution is -0.142. The standard InChI is InChI=1S/C21H21FN2O4/c1-2-24-19(26)17(14-5-7-15(22)8-6-14)21(20(24)27)9-11-23(12-10-21)18(25)16-4-3-13-28-16/h3-8,13,17H,2,9-12H2,1H3. The van der Waals surface area contributed by atoms with E-state index in [-0.39, 0.29) is 29.3 Å². The molecule has 2 saturated heterocycles. The van der Waals surface area contributed by atoms with Gasteiger partial charge in [0.2, 0.25) is 11.8 Å². The molecule has 1 aromatic carbocycles. The van der Waals surface area contributed by atoms with Gasteiger partial charge in [0.15, 0.2) is 5.76 Å². The van der Waals surface area contributed by atoms with Crippen LogP contribution in [0.3, 0.4) is 0 Å². The Kier molecular flexibility index (Phi) is 4.53. The van der Waals surface area contributed by atoms with Crippen molar-refractivity contribution in [1.82, 2.24) is 9.80 Å². The molecule has 2 aromatic rings. The molecule has 2 aliphatic rings. The van der Waals surface area contributed by atoms with Crippen LogP contribution in [-0.2, 0) is 9.59 Å². The van der Waals surface area contributed by atoms with Crippen LogP contribution >= 0.6 is 0 Å². The summed E-state index contributed by atoms with van der Waals surface area (Å²) in [6, 6.07) is 9.04. The van der Waals surface area contributed by atoms with Gasteiger partial charge in [0.05, 0.1) is 17.6 Å². The van der Waals surface area contributed by atoms with Gasteiger partial charge in [-0.05, 0) is 49.6 Å². The zero-order valence-electron chi connectivity index (χ0n) is 15.6. The molecule has 1 spiro atoms. The Morgan fingerprint density at radius 2 is 1.86 bits per heavy atom. The first-order valence-electron chi connectivity index (χ1n) is 9.42. The number of carbonyl (C=O) groups excluding carboxylic acids is 3. The molecule has 0 radical (unpaired) electrons. The predicted octanol–water partition coefficient (Wildman–Crippen LogP) is 2.81. The topological polar surface area (TPSA) is 70.8 Å². The second-order valence-corrected chi connectivity index (χ2v) is 7.30. The minimum absolute atomic E-state index is 0.195. The van der Waals surface area contributed by atoms with Crippen LogP contribution in [-0.4, -0.2) is 47.2 Å². The normalized spacial score (nSPS) is 21.6. The van der Waals surface area contributed by atoms with E-state index in [1.54, 1.807) is 36.1 Å². The van der Waals surface area contributed by atoms with E-state index < -0.39 is 11.3 Å². The molecule has 146 valence electrons. The maximum absolute atomic E-state index is 13.4. The number of nitrogens with zero attached hydrogens (tertiary/aromatic N) is 2. The zero-order valence-corrected chi connectivity index (χ0v) is 15.6. The third-order valence-corrected chi connectivity index (χ3v) is 5.93. The molecule has 3 amide bonds. The number of likely N-dealkylation sites (N-methyl/N-ethyl adjacent to an activating group) is 1. The van der Waals surface area contributed by atoms with E-state index in [0.29, 0.717) is 38.0 Å². The van der Waals surface area contributed by atoms with Gasteiger partial charge in [-0.1, -0.05) is 12.1 Å². The van der Waals surface area contributed by atoms with Gasteiger partial charge >= 0.3 is 0 Å². The fourth-order valence-electron chi connectivity index (χ4n) is 4.47. The number of carbonyl (C=O) groups is 3. The van der Waals surface area contributed by atoms with Crippen LogP contribution < -0.4 is 0 Å². The number of rotatable bonds is 3. The lowest BCUT2D eigenvalue weighted by Crippen LogP contribution is -2.48. The summed E-state index contributed by atoms with van der Waals surface area (Å²) in [6.45, 7) is 2.78. The second-order valence-electron chi connectivity index (χ2n) is 7.30. The quantitative estimate of drug-likeness (QED) is 0.763. The number of halogens is 1. The highest BCUT2D eigenvalue weighted by molar-refractivity contribution is 6.10. The summed E-state index contributed by atoms with van der Waals surface area (Å²) in [5.41, 5.74) is -0.258. The van der Waals surface area contributed by atoms with Crippen molar-refractivity contribution in [3.8, 4) is 0 Å². The fraction of sp³-hybridized carbons (Fsp3) is 0.381. The Morgan fingerprint density at radius 1 is 1.18 bits per heavy atom. The van der Waals surface area contributed by atoms with Crippen molar-refractivity contribution in [2.24, 2.45) is 5.41 Å². The Bertz CT molecular complexity index is 899. The highest BCUT2D eigenvalue weighted by atomic mass is 19.1. The van der Waals surface area contributed by atoms with Crippen molar-refractivity contribution in [3.05, 3.63) is 59.8 Å². The summed E-state index contributed by atoms with van der Waals surface area (Å²) >= 11 is 0. The lowest BCUT2D eigenvalue weighted by Gasteiger charge is -2.40. The highest BCUT2D eigenvalue weighted by Gasteiger charge is 2.60. The van der Waals surface area contributed by atoms with Gasteiger partial charge < -0.3 is 9.32 Å². The second kappa shape index (κ2) is 6.89. The molecule has 4 rings (SSSR count). The molecule has 0 saturated carbocycles. The Hall–Kier alpha value is -2.96. The molecule has 0 N–H and O–H groups in total. The summed E-state index contributed by atoms with van der Waals surface area (Å²) in [4.78, 5) is 41.7. The van der Waals surface area contributed by atoms with Crippen LogP contribution in [0.15, 0.2) is 47.1 Å². The van der Waals surface area contributed by atoms with Gasteiger partial charge in [0, 0.05) is 19.6 Å². The minimum atomic E-state index is -0.898. The van der Waals surface area contributed by atoms with E-state index in [2.05, 4.69) is 0 Å². The van der Waals surface area contributed by atoms with Gasteiger partial charge in [0.1, 0.15) is 5.82 Å². The average Bonchev–Trinajstić information content (AvgIpc) is 3.30. The molecule has 2 aliphatic heterocycles. The van der Waals surface area contributed by atoms with Gasteiger partial charge in [-0.15, -0.1) is 0 Å². The minimum Gasteiger partial charge on any atom is -0.459 e. The van der Waals surface area contributed by atoms with Crippen LogP contribution in [0.25, 0.3) is 0 Å². The first-order chi connectivity index (χ1) is 13.5. The third kappa shape index (κ3) is 2.73. The number of hydrogen-bond donors (Lipinski definition) is 0. The van der Waals surface area contributed by atoms with E-state index in [1.165, 1.54) is 23.3 Å². The molecule has 1 aromatic heterocycles. The summed E-state index contributed by atoms with van der Waals surface area (Å²) in [5.74, 6) is -1.44. The molecule has 1 atom stereocenters. The van der Waals surface area contributed by atoms with Gasteiger partial charge in [0.25, 0.3) is 5.91 Å². The fourth-order valence-corrected chi connectivity index (χ4v) is 4.47. The van der Waals surface area contributed by atoms with Crippen molar-refractivity contribution >= 4 is 17.7 Å². The number of furan rings is 1. The monoisotopic (exact) mass is 384 g/mol. The van der Waals surface area contributed by atoms with Crippen LogP contribution in [0.4, 0.5) is 4.39 Å². The number of likely N-dealkylation sites (tertiary alicyclic amines) is 2. The first kappa shape index (κ1) is 18.4. The van der Waals surface area contributed by atoms with Crippen LogP contribution in [0, 0.1) is 11.2 Å². The van der Waals surface area contributed by atoms with Crippen molar-refractivity contribution in [3.63, 3.8) is 0 Å². The lowest BCUT2D eigenvalue weighted by atomic mass is 9.67. The van der Waals surface area contributed by atoms with Crippen molar-refractivity contribution in [2.75, 3.05) is 19.6 Å². The van der Waals surface area contributed by atoms with Crippen molar-refractivity contribution in [1.29, 1.82) is 0 Å². The number of hydrogen-bond acceptors (Lipinski definition) is 4. The Morgan fingerprint density at radius 3 is 2.43 bits per heavy atom. The molecule has 0 bridgehead atoms. The summed E-state index contributed by atoms with van der Waals surface area (Å²) in [6.07, 6.45) is 2.20. The van der Waals surface area contributed by atoms with E-state index in [9.17, 15) is 18.8 Å². The molecule has 28 heavy (non-hydrogen) atoms. The molecule has 3 heterocycles. The summed E-state index contributed by atoms with van der Waals surface area (Å²) in [5, 5.41) is 0. The van der Waals surface area contributed by atoms with E-state index in [1.807, 2.05) is 0 Å². The molecule has 1 unspecified atom stereocenters. The number of benzene rings is 1. The molecular weight excluding hydrogens is 363 g/mol. The van der Waals surface area contributed by atoms with Crippen LogP contribution in [0.5, 0.6) is 0 Å². The SMILES string of the molecule is CCN1C(=O)C(c2ccc(F)cc2)C2(CCN(C(=O)c3ccco3)CC2)C1=O. The van der Waals surface area contributed by atoms with E-state index >= 15 is 0 Å².